The molecule has 1 heterocycles. The SMILES string of the molecule is CC12CCN(Cc3ccc(F)cc3I)CC1C2(F)F. The molecule has 0 spiro atoms. The van der Waals surface area contributed by atoms with Gasteiger partial charge in [-0.1, -0.05) is 13.0 Å². The average Bonchev–Trinajstić information content (AvgIpc) is 2.78. The number of piperidine rings is 1. The smallest absolute Gasteiger partial charge is 0.258 e. The Morgan fingerprint density at radius 3 is 2.79 bits per heavy atom. The van der Waals surface area contributed by atoms with Crippen molar-refractivity contribution in [1.82, 2.24) is 4.90 Å². The van der Waals surface area contributed by atoms with E-state index >= 15 is 0 Å². The molecule has 1 aromatic rings. The van der Waals surface area contributed by atoms with E-state index in [1.807, 2.05) is 0 Å². The summed E-state index contributed by atoms with van der Waals surface area (Å²) in [5, 5.41) is 0. The fourth-order valence-electron chi connectivity index (χ4n) is 3.11. The Morgan fingerprint density at radius 1 is 1.42 bits per heavy atom. The first-order valence-corrected chi connectivity index (χ1v) is 7.46. The lowest BCUT2D eigenvalue weighted by Gasteiger charge is -2.28. The van der Waals surface area contributed by atoms with Gasteiger partial charge in [0, 0.05) is 28.0 Å². The van der Waals surface area contributed by atoms with Crippen LogP contribution in [0.2, 0.25) is 0 Å². The number of alkyl halides is 2. The van der Waals surface area contributed by atoms with Crippen molar-refractivity contribution in [3.8, 4) is 0 Å². The van der Waals surface area contributed by atoms with Gasteiger partial charge in [-0.05, 0) is 53.3 Å². The highest BCUT2D eigenvalue weighted by Crippen LogP contribution is 2.69. The molecule has 3 rings (SSSR count). The molecule has 0 amide bonds. The molecule has 1 saturated carbocycles. The van der Waals surface area contributed by atoms with Gasteiger partial charge in [0.15, 0.2) is 0 Å². The van der Waals surface area contributed by atoms with Crippen LogP contribution in [0.5, 0.6) is 0 Å². The lowest BCUT2D eigenvalue weighted by atomic mass is 9.97. The Bertz CT molecular complexity index is 519. The van der Waals surface area contributed by atoms with Crippen LogP contribution in [0.1, 0.15) is 18.9 Å². The summed E-state index contributed by atoms with van der Waals surface area (Å²) in [5.41, 5.74) is 0.231. The Morgan fingerprint density at radius 2 is 2.16 bits per heavy atom. The van der Waals surface area contributed by atoms with Crippen LogP contribution in [0.15, 0.2) is 18.2 Å². The Hall–Kier alpha value is -0.300. The zero-order chi connectivity index (χ0) is 13.8. The molecule has 2 atom stereocenters. The predicted molar refractivity (Wildman–Crippen MR) is 75.6 cm³/mol. The van der Waals surface area contributed by atoms with Gasteiger partial charge in [-0.25, -0.2) is 13.2 Å². The minimum absolute atomic E-state index is 0.256. The fraction of sp³-hybridized carbons (Fsp3) is 0.571. The molecule has 5 heteroatoms. The standard InChI is InChI=1S/C14H15F3IN/c1-13-4-5-19(8-12(13)14(13,16)17)7-9-2-3-10(15)6-11(9)18/h2-3,6,12H,4-5,7-8H2,1H3. The van der Waals surface area contributed by atoms with E-state index in [2.05, 4.69) is 27.5 Å². The van der Waals surface area contributed by atoms with E-state index in [1.54, 1.807) is 13.0 Å². The molecule has 0 bridgehead atoms. The molecule has 0 aromatic heterocycles. The maximum absolute atomic E-state index is 13.7. The van der Waals surface area contributed by atoms with Gasteiger partial charge >= 0.3 is 0 Å². The zero-order valence-corrected chi connectivity index (χ0v) is 12.8. The number of halogens is 4. The fourth-order valence-corrected chi connectivity index (χ4v) is 3.75. The van der Waals surface area contributed by atoms with Crippen LogP contribution in [0.4, 0.5) is 13.2 Å². The third kappa shape index (κ3) is 2.09. The first kappa shape index (κ1) is 13.7. The largest absolute Gasteiger partial charge is 0.298 e. The highest BCUT2D eigenvalue weighted by atomic mass is 127. The lowest BCUT2D eigenvalue weighted by Crippen LogP contribution is -2.33. The van der Waals surface area contributed by atoms with Crippen molar-refractivity contribution in [1.29, 1.82) is 0 Å². The van der Waals surface area contributed by atoms with Crippen LogP contribution >= 0.6 is 22.6 Å². The van der Waals surface area contributed by atoms with E-state index < -0.39 is 17.3 Å². The van der Waals surface area contributed by atoms with Crippen molar-refractivity contribution in [3.63, 3.8) is 0 Å². The summed E-state index contributed by atoms with van der Waals surface area (Å²) in [6.45, 7) is 3.45. The van der Waals surface area contributed by atoms with Crippen molar-refractivity contribution in [2.45, 2.75) is 25.8 Å². The number of nitrogens with zero attached hydrogens (tertiary/aromatic N) is 1. The van der Waals surface area contributed by atoms with E-state index in [9.17, 15) is 13.2 Å². The molecule has 1 aliphatic heterocycles. The number of fused-ring (bicyclic) bond motifs is 1. The molecular formula is C14H15F3IN. The van der Waals surface area contributed by atoms with Gasteiger partial charge in [0.2, 0.25) is 0 Å². The molecule has 2 fully saturated rings. The summed E-state index contributed by atoms with van der Waals surface area (Å²) >= 11 is 2.09. The van der Waals surface area contributed by atoms with Crippen molar-refractivity contribution >= 4 is 22.6 Å². The third-order valence-electron chi connectivity index (χ3n) is 4.68. The Kier molecular flexibility index (Phi) is 3.13. The van der Waals surface area contributed by atoms with Crippen LogP contribution in [0, 0.1) is 20.7 Å². The van der Waals surface area contributed by atoms with Crippen molar-refractivity contribution in [3.05, 3.63) is 33.1 Å². The van der Waals surface area contributed by atoms with Gasteiger partial charge in [-0.15, -0.1) is 0 Å². The molecule has 1 saturated heterocycles. The summed E-state index contributed by atoms with van der Waals surface area (Å²) in [6, 6.07) is 4.66. The maximum atomic E-state index is 13.7. The van der Waals surface area contributed by atoms with Crippen LogP contribution in [-0.2, 0) is 6.54 Å². The zero-order valence-electron chi connectivity index (χ0n) is 10.6. The second-order valence-corrected chi connectivity index (χ2v) is 6.98. The van der Waals surface area contributed by atoms with E-state index in [1.165, 1.54) is 12.1 Å². The van der Waals surface area contributed by atoms with Gasteiger partial charge in [0.05, 0.1) is 0 Å². The molecule has 2 aliphatic rings. The molecule has 2 unspecified atom stereocenters. The Labute approximate surface area is 124 Å². The van der Waals surface area contributed by atoms with E-state index in [0.29, 0.717) is 26.1 Å². The topological polar surface area (TPSA) is 3.24 Å². The molecule has 0 N–H and O–H groups in total. The first-order chi connectivity index (χ1) is 8.84. The molecule has 19 heavy (non-hydrogen) atoms. The molecule has 0 radical (unpaired) electrons. The van der Waals surface area contributed by atoms with Gasteiger partial charge < -0.3 is 0 Å². The van der Waals surface area contributed by atoms with Gasteiger partial charge in [0.25, 0.3) is 5.92 Å². The molecule has 1 aromatic carbocycles. The van der Waals surface area contributed by atoms with Crippen molar-refractivity contribution in [2.75, 3.05) is 13.1 Å². The van der Waals surface area contributed by atoms with E-state index in [4.69, 9.17) is 0 Å². The van der Waals surface area contributed by atoms with Crippen LogP contribution in [-0.4, -0.2) is 23.9 Å². The molecule has 1 nitrogen and oxygen atoms in total. The summed E-state index contributed by atoms with van der Waals surface area (Å²) in [5.74, 6) is -3.27. The van der Waals surface area contributed by atoms with Crippen molar-refractivity contribution in [2.24, 2.45) is 11.3 Å². The summed E-state index contributed by atoms with van der Waals surface area (Å²) < 4.78 is 41.2. The number of benzene rings is 1. The summed E-state index contributed by atoms with van der Waals surface area (Å²) in [6.07, 6.45) is 0.544. The second-order valence-electron chi connectivity index (χ2n) is 5.81. The quantitative estimate of drug-likeness (QED) is 0.703. The minimum atomic E-state index is -2.50. The summed E-state index contributed by atoms with van der Waals surface area (Å²) in [7, 11) is 0. The van der Waals surface area contributed by atoms with Gasteiger partial charge in [-0.2, -0.15) is 0 Å². The van der Waals surface area contributed by atoms with Crippen LogP contribution in [0.3, 0.4) is 0 Å². The number of likely N-dealkylation sites (tertiary alicyclic amines) is 1. The van der Waals surface area contributed by atoms with Crippen LogP contribution in [0.25, 0.3) is 0 Å². The van der Waals surface area contributed by atoms with E-state index in [0.717, 1.165) is 9.13 Å². The number of hydrogen-bond donors (Lipinski definition) is 0. The average molecular weight is 381 g/mol. The van der Waals surface area contributed by atoms with Gasteiger partial charge in [0.1, 0.15) is 5.82 Å². The lowest BCUT2D eigenvalue weighted by molar-refractivity contribution is 0.0636. The van der Waals surface area contributed by atoms with Crippen molar-refractivity contribution < 1.29 is 13.2 Å². The predicted octanol–water partition coefficient (Wildman–Crippen LogP) is 3.91. The second kappa shape index (κ2) is 4.35. The first-order valence-electron chi connectivity index (χ1n) is 6.39. The number of hydrogen-bond acceptors (Lipinski definition) is 1. The monoisotopic (exact) mass is 381 g/mol. The minimum Gasteiger partial charge on any atom is -0.298 e. The van der Waals surface area contributed by atoms with Gasteiger partial charge in [-0.3, -0.25) is 4.90 Å². The molecule has 1 aliphatic carbocycles. The normalized spacial score (nSPS) is 33.0. The maximum Gasteiger partial charge on any atom is 0.258 e. The van der Waals surface area contributed by atoms with Crippen LogP contribution < -0.4 is 0 Å². The third-order valence-corrected chi connectivity index (χ3v) is 5.69. The molecular weight excluding hydrogens is 366 g/mol. The highest BCUT2D eigenvalue weighted by Gasteiger charge is 2.78. The highest BCUT2D eigenvalue weighted by molar-refractivity contribution is 14.1. The molecule has 104 valence electrons. The Balaban J connectivity index is 1.70. The van der Waals surface area contributed by atoms with E-state index in [-0.39, 0.29) is 5.82 Å². The number of rotatable bonds is 2. The summed E-state index contributed by atoms with van der Waals surface area (Å²) in [4.78, 5) is 2.06.